The molecule has 156 valence electrons. The number of alkyl halides is 3. The third kappa shape index (κ3) is 4.92. The Hall–Kier alpha value is -2.94. The summed E-state index contributed by atoms with van der Waals surface area (Å²) in [7, 11) is 1.39. The molecule has 0 fully saturated rings. The molecular weight excluding hydrogens is 413 g/mol. The van der Waals surface area contributed by atoms with Gasteiger partial charge in [-0.15, -0.1) is 0 Å². The van der Waals surface area contributed by atoms with Crippen LogP contribution in [0.4, 0.5) is 18.9 Å². The Morgan fingerprint density at radius 2 is 1.69 bits per heavy atom. The van der Waals surface area contributed by atoms with Crippen molar-refractivity contribution in [2.24, 2.45) is 0 Å². The molecule has 2 rings (SSSR count). The molecule has 0 aliphatic rings. The molecule has 0 aromatic heterocycles. The lowest BCUT2D eigenvalue weighted by molar-refractivity contribution is -0.204. The Bertz CT molecular complexity index is 875. The quantitative estimate of drug-likeness (QED) is 0.512. The Kier molecular flexibility index (Phi) is 6.97. The van der Waals surface area contributed by atoms with E-state index in [0.717, 1.165) is 0 Å². The van der Waals surface area contributed by atoms with Gasteiger partial charge in [0.15, 0.2) is 0 Å². The standard InChI is InChI=1S/C19H18ClF3N2O4/c1-3-29-17(27)18(19(21,22)23,24-12-8-10-13(28-2)11-9-12)25-16(26)14-6-4-5-7-15(14)20/h4-11,24H,3H2,1-2H3,(H,25,26). The van der Waals surface area contributed by atoms with Crippen molar-refractivity contribution < 1.29 is 32.2 Å². The van der Waals surface area contributed by atoms with Crippen LogP contribution in [0.15, 0.2) is 48.5 Å². The fourth-order valence-electron chi connectivity index (χ4n) is 2.40. The van der Waals surface area contributed by atoms with Crippen LogP contribution in [0.5, 0.6) is 5.75 Å². The Balaban J connectivity index is 2.51. The summed E-state index contributed by atoms with van der Waals surface area (Å²) in [6.45, 7) is 1.02. The predicted octanol–water partition coefficient (Wildman–Crippen LogP) is 4.01. The minimum absolute atomic E-state index is 0.0746. The number of rotatable bonds is 7. The Morgan fingerprint density at radius 1 is 1.07 bits per heavy atom. The Morgan fingerprint density at radius 3 is 2.21 bits per heavy atom. The third-order valence-corrected chi connectivity index (χ3v) is 4.18. The van der Waals surface area contributed by atoms with E-state index < -0.39 is 23.7 Å². The van der Waals surface area contributed by atoms with Gasteiger partial charge in [0, 0.05) is 5.69 Å². The number of methoxy groups -OCH3 is 1. The predicted molar refractivity (Wildman–Crippen MR) is 101 cm³/mol. The van der Waals surface area contributed by atoms with Gasteiger partial charge in [0.25, 0.3) is 5.91 Å². The molecule has 6 nitrogen and oxygen atoms in total. The van der Waals surface area contributed by atoms with Crippen LogP contribution in [0.3, 0.4) is 0 Å². The van der Waals surface area contributed by atoms with E-state index in [1.165, 1.54) is 62.6 Å². The first-order chi connectivity index (χ1) is 13.6. The first-order valence-corrected chi connectivity index (χ1v) is 8.75. The maximum Gasteiger partial charge on any atom is 0.441 e. The average molecular weight is 431 g/mol. The molecule has 2 aromatic carbocycles. The summed E-state index contributed by atoms with van der Waals surface area (Å²) in [6, 6.07) is 10.8. The van der Waals surface area contributed by atoms with Crippen molar-refractivity contribution in [2.45, 2.75) is 18.8 Å². The SMILES string of the molecule is CCOC(=O)C(NC(=O)c1ccccc1Cl)(Nc1ccc(OC)cc1)C(F)(F)F. The molecule has 0 aliphatic carbocycles. The molecular formula is C19H18ClF3N2O4. The van der Waals surface area contributed by atoms with Gasteiger partial charge >= 0.3 is 17.8 Å². The molecule has 29 heavy (non-hydrogen) atoms. The van der Waals surface area contributed by atoms with Gasteiger partial charge in [-0.05, 0) is 43.3 Å². The summed E-state index contributed by atoms with van der Waals surface area (Å²) in [4.78, 5) is 25.0. The summed E-state index contributed by atoms with van der Waals surface area (Å²) in [5, 5.41) is 3.71. The molecule has 0 aliphatic heterocycles. The van der Waals surface area contributed by atoms with Gasteiger partial charge in [-0.25, -0.2) is 4.79 Å². The van der Waals surface area contributed by atoms with Crippen molar-refractivity contribution in [1.82, 2.24) is 5.32 Å². The molecule has 2 N–H and O–H groups in total. The fraction of sp³-hybridized carbons (Fsp3) is 0.263. The van der Waals surface area contributed by atoms with Crippen molar-refractivity contribution in [2.75, 3.05) is 19.0 Å². The van der Waals surface area contributed by atoms with Crippen LogP contribution in [0.2, 0.25) is 5.02 Å². The number of carbonyl (C=O) groups excluding carboxylic acids is 2. The Labute approximate surface area is 169 Å². The molecule has 0 saturated heterocycles. The second-order valence-electron chi connectivity index (χ2n) is 5.76. The maximum atomic E-state index is 14.1. The number of carbonyl (C=O) groups is 2. The highest BCUT2D eigenvalue weighted by molar-refractivity contribution is 6.33. The van der Waals surface area contributed by atoms with Crippen LogP contribution in [-0.4, -0.2) is 37.4 Å². The first kappa shape index (κ1) is 22.4. The molecule has 0 heterocycles. The number of halogens is 4. The number of nitrogens with one attached hydrogen (secondary N) is 2. The second kappa shape index (κ2) is 9.04. The van der Waals surface area contributed by atoms with E-state index in [1.54, 1.807) is 5.32 Å². The molecule has 1 amide bonds. The normalized spacial score (nSPS) is 13.2. The van der Waals surface area contributed by atoms with Crippen LogP contribution < -0.4 is 15.4 Å². The zero-order valence-electron chi connectivity index (χ0n) is 15.5. The molecule has 0 bridgehead atoms. The van der Waals surface area contributed by atoms with Crippen molar-refractivity contribution >= 4 is 29.2 Å². The monoisotopic (exact) mass is 430 g/mol. The summed E-state index contributed by atoms with van der Waals surface area (Å²) in [5.41, 5.74) is -3.88. The fourth-order valence-corrected chi connectivity index (χ4v) is 2.63. The van der Waals surface area contributed by atoms with Crippen molar-refractivity contribution in [3.05, 3.63) is 59.1 Å². The molecule has 10 heteroatoms. The summed E-state index contributed by atoms with van der Waals surface area (Å²) < 4.78 is 51.9. The van der Waals surface area contributed by atoms with Gasteiger partial charge in [-0.3, -0.25) is 4.79 Å². The van der Waals surface area contributed by atoms with E-state index in [2.05, 4.69) is 10.1 Å². The summed E-state index contributed by atoms with van der Waals surface area (Å²) >= 11 is 5.90. The van der Waals surface area contributed by atoms with Gasteiger partial charge in [0.2, 0.25) is 0 Å². The summed E-state index contributed by atoms with van der Waals surface area (Å²) in [5.74, 6) is -2.53. The van der Waals surface area contributed by atoms with Crippen LogP contribution in [0, 0.1) is 0 Å². The highest BCUT2D eigenvalue weighted by atomic mass is 35.5. The van der Waals surface area contributed by atoms with E-state index in [-0.39, 0.29) is 22.9 Å². The number of hydrogen-bond donors (Lipinski definition) is 2. The van der Waals surface area contributed by atoms with E-state index >= 15 is 0 Å². The van der Waals surface area contributed by atoms with Gasteiger partial charge in [-0.1, -0.05) is 23.7 Å². The van der Waals surface area contributed by atoms with Crippen molar-refractivity contribution in [1.29, 1.82) is 0 Å². The molecule has 1 atom stereocenters. The topological polar surface area (TPSA) is 76.7 Å². The molecule has 1 unspecified atom stereocenters. The number of esters is 1. The van der Waals surface area contributed by atoms with E-state index in [0.29, 0.717) is 5.75 Å². The van der Waals surface area contributed by atoms with Gasteiger partial charge in [0.1, 0.15) is 5.75 Å². The summed E-state index contributed by atoms with van der Waals surface area (Å²) in [6.07, 6.45) is -5.25. The zero-order chi connectivity index (χ0) is 21.7. The minimum Gasteiger partial charge on any atom is -0.497 e. The van der Waals surface area contributed by atoms with Gasteiger partial charge < -0.3 is 20.1 Å². The van der Waals surface area contributed by atoms with Crippen molar-refractivity contribution in [3.63, 3.8) is 0 Å². The van der Waals surface area contributed by atoms with E-state index in [4.69, 9.17) is 16.3 Å². The maximum absolute atomic E-state index is 14.1. The highest BCUT2D eigenvalue weighted by Gasteiger charge is 2.63. The van der Waals surface area contributed by atoms with Gasteiger partial charge in [-0.2, -0.15) is 13.2 Å². The lowest BCUT2D eigenvalue weighted by Gasteiger charge is -2.35. The van der Waals surface area contributed by atoms with Crippen LogP contribution in [-0.2, 0) is 9.53 Å². The smallest absolute Gasteiger partial charge is 0.441 e. The van der Waals surface area contributed by atoms with Crippen LogP contribution in [0.25, 0.3) is 0 Å². The van der Waals surface area contributed by atoms with E-state index in [9.17, 15) is 22.8 Å². The lowest BCUT2D eigenvalue weighted by Crippen LogP contribution is -2.69. The number of ether oxygens (including phenoxy) is 2. The number of hydrogen-bond acceptors (Lipinski definition) is 5. The molecule has 0 saturated carbocycles. The number of amides is 1. The number of anilines is 1. The second-order valence-corrected chi connectivity index (χ2v) is 6.16. The first-order valence-electron chi connectivity index (χ1n) is 8.38. The molecule has 0 radical (unpaired) electrons. The molecule has 0 spiro atoms. The minimum atomic E-state index is -5.25. The highest BCUT2D eigenvalue weighted by Crippen LogP contribution is 2.34. The average Bonchev–Trinajstić information content (AvgIpc) is 2.67. The van der Waals surface area contributed by atoms with Gasteiger partial charge in [0.05, 0.1) is 24.3 Å². The van der Waals surface area contributed by atoms with E-state index in [1.807, 2.05) is 0 Å². The molecule has 2 aromatic rings. The van der Waals surface area contributed by atoms with Crippen LogP contribution >= 0.6 is 11.6 Å². The third-order valence-electron chi connectivity index (χ3n) is 3.85. The lowest BCUT2D eigenvalue weighted by atomic mass is 10.1. The largest absolute Gasteiger partial charge is 0.497 e. The van der Waals surface area contributed by atoms with Crippen molar-refractivity contribution in [3.8, 4) is 5.75 Å². The zero-order valence-corrected chi connectivity index (χ0v) is 16.2. The van der Waals surface area contributed by atoms with Crippen LogP contribution in [0.1, 0.15) is 17.3 Å². The number of benzene rings is 2.